The van der Waals surface area contributed by atoms with Gasteiger partial charge in [-0.15, -0.1) is 24.0 Å². The van der Waals surface area contributed by atoms with E-state index in [2.05, 4.69) is 103 Å². The molecule has 4 nitrogen and oxygen atoms in total. The molecule has 0 aromatic heterocycles. The summed E-state index contributed by atoms with van der Waals surface area (Å²) in [6, 6.07) is 19.1. The molecule has 27 heavy (non-hydrogen) atoms. The first-order chi connectivity index (χ1) is 12.4. The highest BCUT2D eigenvalue weighted by atomic mass is 127. The van der Waals surface area contributed by atoms with Crippen molar-refractivity contribution in [1.82, 2.24) is 15.5 Å². The van der Waals surface area contributed by atoms with E-state index in [-0.39, 0.29) is 29.4 Å². The van der Waals surface area contributed by atoms with E-state index in [1.807, 2.05) is 7.05 Å². The zero-order valence-corrected chi connectivity index (χ0v) is 19.5. The summed E-state index contributed by atoms with van der Waals surface area (Å²) < 4.78 is 0. The zero-order valence-electron chi connectivity index (χ0n) is 17.1. The third-order valence-corrected chi connectivity index (χ3v) is 4.53. The zero-order chi connectivity index (χ0) is 19.0. The minimum Gasteiger partial charge on any atom is -0.356 e. The van der Waals surface area contributed by atoms with Crippen LogP contribution in [0.25, 0.3) is 0 Å². The molecule has 0 bridgehead atoms. The maximum absolute atomic E-state index is 4.37. The number of nitrogens with zero attached hydrogens (tertiary/aromatic N) is 2. The molecule has 0 aliphatic rings. The standard InChI is InChI=1S/C22H32N4.HI/c1-22(2,20-13-7-6-8-14-20)17-25-21(23-3)24-15-18-11-9-10-12-19(18)16-26(4)5;/h6-14H,15-17H2,1-5H3,(H2,23,24,25);1H. The third kappa shape index (κ3) is 7.50. The van der Waals surface area contributed by atoms with Crippen molar-refractivity contribution in [2.45, 2.75) is 32.4 Å². The van der Waals surface area contributed by atoms with E-state index in [0.717, 1.165) is 25.6 Å². The Balaban J connectivity index is 0.00000364. The van der Waals surface area contributed by atoms with Gasteiger partial charge in [0.2, 0.25) is 0 Å². The minimum atomic E-state index is 0. The van der Waals surface area contributed by atoms with Gasteiger partial charge in [-0.1, -0.05) is 68.4 Å². The molecule has 2 rings (SSSR count). The Bertz CT molecular complexity index is 711. The van der Waals surface area contributed by atoms with Crippen LogP contribution in [0.5, 0.6) is 0 Å². The molecule has 5 heteroatoms. The lowest BCUT2D eigenvalue weighted by molar-refractivity contribution is 0.400. The topological polar surface area (TPSA) is 39.7 Å². The van der Waals surface area contributed by atoms with Crippen molar-refractivity contribution in [2.24, 2.45) is 4.99 Å². The molecular weight excluding hydrogens is 447 g/mol. The number of halogens is 1. The van der Waals surface area contributed by atoms with Gasteiger partial charge in [0.1, 0.15) is 0 Å². The van der Waals surface area contributed by atoms with Crippen molar-refractivity contribution in [3.8, 4) is 0 Å². The smallest absolute Gasteiger partial charge is 0.191 e. The Hall–Kier alpha value is -1.60. The van der Waals surface area contributed by atoms with Gasteiger partial charge in [-0.2, -0.15) is 0 Å². The molecule has 0 spiro atoms. The van der Waals surface area contributed by atoms with Gasteiger partial charge in [0.15, 0.2) is 5.96 Å². The second-order valence-electron chi connectivity index (χ2n) is 7.54. The minimum absolute atomic E-state index is 0. The second kappa shape index (κ2) is 11.3. The maximum atomic E-state index is 4.37. The van der Waals surface area contributed by atoms with Crippen LogP contribution in [-0.4, -0.2) is 38.5 Å². The molecular formula is C22H33IN4. The molecule has 2 N–H and O–H groups in total. The first-order valence-corrected chi connectivity index (χ1v) is 9.14. The summed E-state index contributed by atoms with van der Waals surface area (Å²) in [5.41, 5.74) is 3.98. The first kappa shape index (κ1) is 23.4. The number of aliphatic imine (C=N–C) groups is 1. The molecule has 0 unspecified atom stereocenters. The van der Waals surface area contributed by atoms with Crippen LogP contribution in [0.15, 0.2) is 59.6 Å². The molecule has 0 amide bonds. The van der Waals surface area contributed by atoms with Gasteiger partial charge in [0, 0.05) is 32.1 Å². The fourth-order valence-corrected chi connectivity index (χ4v) is 2.92. The number of nitrogens with one attached hydrogen (secondary N) is 2. The van der Waals surface area contributed by atoms with Gasteiger partial charge >= 0.3 is 0 Å². The van der Waals surface area contributed by atoms with Gasteiger partial charge in [-0.25, -0.2) is 0 Å². The molecule has 0 radical (unpaired) electrons. The van der Waals surface area contributed by atoms with Crippen LogP contribution in [0.3, 0.4) is 0 Å². The van der Waals surface area contributed by atoms with Gasteiger partial charge < -0.3 is 15.5 Å². The SMILES string of the molecule is CN=C(NCc1ccccc1CN(C)C)NCC(C)(C)c1ccccc1.I. The summed E-state index contributed by atoms with van der Waals surface area (Å²) in [5, 5.41) is 6.91. The maximum Gasteiger partial charge on any atom is 0.191 e. The monoisotopic (exact) mass is 480 g/mol. The molecule has 0 saturated carbocycles. The van der Waals surface area contributed by atoms with Gasteiger partial charge in [0.05, 0.1) is 0 Å². The molecule has 0 aliphatic heterocycles. The number of guanidine groups is 1. The van der Waals surface area contributed by atoms with Crippen molar-refractivity contribution >= 4 is 29.9 Å². The van der Waals surface area contributed by atoms with E-state index >= 15 is 0 Å². The van der Waals surface area contributed by atoms with Crippen LogP contribution in [0.2, 0.25) is 0 Å². The van der Waals surface area contributed by atoms with Gasteiger partial charge in [0.25, 0.3) is 0 Å². The van der Waals surface area contributed by atoms with Crippen LogP contribution in [-0.2, 0) is 18.5 Å². The molecule has 2 aromatic rings. The summed E-state index contributed by atoms with van der Waals surface area (Å²) >= 11 is 0. The Morgan fingerprint density at radius 2 is 1.52 bits per heavy atom. The van der Waals surface area contributed by atoms with Crippen LogP contribution < -0.4 is 10.6 Å². The summed E-state index contributed by atoms with van der Waals surface area (Å²) in [7, 11) is 6.00. The molecule has 148 valence electrons. The number of hydrogen-bond acceptors (Lipinski definition) is 2. The molecule has 0 atom stereocenters. The Kier molecular flexibility index (Phi) is 9.80. The predicted molar refractivity (Wildman–Crippen MR) is 127 cm³/mol. The number of hydrogen-bond donors (Lipinski definition) is 2. The average molecular weight is 480 g/mol. The van der Waals surface area contributed by atoms with E-state index in [1.54, 1.807) is 0 Å². The van der Waals surface area contributed by atoms with E-state index in [9.17, 15) is 0 Å². The highest BCUT2D eigenvalue weighted by Gasteiger charge is 2.20. The third-order valence-electron chi connectivity index (χ3n) is 4.53. The fraction of sp³-hybridized carbons (Fsp3) is 0.409. The van der Waals surface area contributed by atoms with E-state index in [0.29, 0.717) is 0 Å². The lowest BCUT2D eigenvalue weighted by atomic mass is 9.85. The van der Waals surface area contributed by atoms with Crippen LogP contribution in [0.4, 0.5) is 0 Å². The van der Waals surface area contributed by atoms with Crippen molar-refractivity contribution in [2.75, 3.05) is 27.7 Å². The van der Waals surface area contributed by atoms with E-state index in [4.69, 9.17) is 0 Å². The largest absolute Gasteiger partial charge is 0.356 e. The normalized spacial score (nSPS) is 11.9. The molecule has 0 aliphatic carbocycles. The number of benzene rings is 2. The summed E-state index contributed by atoms with van der Waals surface area (Å²) in [6.07, 6.45) is 0. The first-order valence-electron chi connectivity index (χ1n) is 9.14. The fourth-order valence-electron chi connectivity index (χ4n) is 2.92. The van der Waals surface area contributed by atoms with Crippen molar-refractivity contribution < 1.29 is 0 Å². The lowest BCUT2D eigenvalue weighted by Crippen LogP contribution is -2.43. The van der Waals surface area contributed by atoms with Crippen molar-refractivity contribution in [3.63, 3.8) is 0 Å². The number of rotatable bonds is 7. The summed E-state index contributed by atoms with van der Waals surface area (Å²) in [5.74, 6) is 0.827. The summed E-state index contributed by atoms with van der Waals surface area (Å²) in [6.45, 7) is 7.00. The van der Waals surface area contributed by atoms with Crippen LogP contribution in [0, 0.1) is 0 Å². The molecule has 0 saturated heterocycles. The van der Waals surface area contributed by atoms with Crippen LogP contribution >= 0.6 is 24.0 Å². The summed E-state index contributed by atoms with van der Waals surface area (Å²) in [4.78, 5) is 6.56. The quantitative estimate of drug-likeness (QED) is 0.358. The molecule has 0 fully saturated rings. The van der Waals surface area contributed by atoms with Gasteiger partial charge in [-0.3, -0.25) is 4.99 Å². The second-order valence-corrected chi connectivity index (χ2v) is 7.54. The highest BCUT2D eigenvalue weighted by Crippen LogP contribution is 2.21. The Morgan fingerprint density at radius 1 is 0.926 bits per heavy atom. The van der Waals surface area contributed by atoms with Crippen LogP contribution in [0.1, 0.15) is 30.5 Å². The van der Waals surface area contributed by atoms with Crippen molar-refractivity contribution in [1.29, 1.82) is 0 Å². The highest BCUT2D eigenvalue weighted by molar-refractivity contribution is 14.0. The molecule has 0 heterocycles. The lowest BCUT2D eigenvalue weighted by Gasteiger charge is -2.27. The average Bonchev–Trinajstić information content (AvgIpc) is 2.63. The van der Waals surface area contributed by atoms with Gasteiger partial charge in [-0.05, 0) is 30.8 Å². The molecule has 2 aromatic carbocycles. The van der Waals surface area contributed by atoms with Crippen molar-refractivity contribution in [3.05, 3.63) is 71.3 Å². The Morgan fingerprint density at radius 3 is 2.11 bits per heavy atom. The van der Waals surface area contributed by atoms with E-state index in [1.165, 1.54) is 16.7 Å². The Labute approximate surface area is 181 Å². The predicted octanol–water partition coefficient (Wildman–Crippen LogP) is 4.01. The van der Waals surface area contributed by atoms with E-state index < -0.39 is 0 Å².